The molecule has 0 saturated heterocycles. The third-order valence-electron chi connectivity index (χ3n) is 1.75. The van der Waals surface area contributed by atoms with Crippen LogP contribution in [0.5, 0.6) is 0 Å². The second-order valence-corrected chi connectivity index (χ2v) is 2.90. The van der Waals surface area contributed by atoms with E-state index in [0.717, 1.165) is 6.07 Å². The van der Waals surface area contributed by atoms with Crippen LogP contribution in [0.2, 0.25) is 0 Å². The molecule has 0 fully saturated rings. The van der Waals surface area contributed by atoms with Gasteiger partial charge in [-0.2, -0.15) is 0 Å². The third kappa shape index (κ3) is 2.80. The van der Waals surface area contributed by atoms with Crippen molar-refractivity contribution in [3.8, 4) is 11.8 Å². The van der Waals surface area contributed by atoms with Crippen LogP contribution in [-0.2, 0) is 0 Å². The first-order valence-electron chi connectivity index (χ1n) is 4.33. The lowest BCUT2D eigenvalue weighted by molar-refractivity contribution is -0.384. The standard InChI is InChI=1S/C10H9N3O3/c11-3-1-2-7-4-8(10(12)14)6-9(5-7)13(15)16/h4-6H,3,11H2,(H2,12,14). The number of nitrogens with zero attached hydrogens (tertiary/aromatic N) is 1. The van der Waals surface area contributed by atoms with Crippen LogP contribution in [0.25, 0.3) is 0 Å². The van der Waals surface area contributed by atoms with E-state index in [2.05, 4.69) is 11.8 Å². The van der Waals surface area contributed by atoms with Crippen LogP contribution in [-0.4, -0.2) is 17.4 Å². The quantitative estimate of drug-likeness (QED) is 0.414. The minimum atomic E-state index is -0.737. The summed E-state index contributed by atoms with van der Waals surface area (Å²) in [6.45, 7) is 0.134. The van der Waals surface area contributed by atoms with Crippen LogP contribution < -0.4 is 11.5 Å². The third-order valence-corrected chi connectivity index (χ3v) is 1.75. The van der Waals surface area contributed by atoms with Gasteiger partial charge in [-0.3, -0.25) is 14.9 Å². The zero-order chi connectivity index (χ0) is 12.1. The maximum Gasteiger partial charge on any atom is 0.271 e. The van der Waals surface area contributed by atoms with E-state index in [1.165, 1.54) is 12.1 Å². The summed E-state index contributed by atoms with van der Waals surface area (Å²) in [5, 5.41) is 10.6. The van der Waals surface area contributed by atoms with Gasteiger partial charge in [-0.15, -0.1) is 0 Å². The number of benzene rings is 1. The number of hydrogen-bond acceptors (Lipinski definition) is 4. The largest absolute Gasteiger partial charge is 0.366 e. The lowest BCUT2D eigenvalue weighted by atomic mass is 10.1. The zero-order valence-corrected chi connectivity index (χ0v) is 8.27. The van der Waals surface area contributed by atoms with Crippen molar-refractivity contribution < 1.29 is 9.72 Å². The molecule has 0 aromatic heterocycles. The number of primary amides is 1. The molecule has 1 amide bonds. The van der Waals surface area contributed by atoms with Crippen LogP contribution in [0, 0.1) is 22.0 Å². The van der Waals surface area contributed by atoms with Gasteiger partial charge in [-0.05, 0) is 6.07 Å². The first-order valence-corrected chi connectivity index (χ1v) is 4.33. The molecule has 0 aliphatic carbocycles. The van der Waals surface area contributed by atoms with Crippen molar-refractivity contribution in [1.82, 2.24) is 0 Å². The molecular weight excluding hydrogens is 210 g/mol. The molecule has 6 nitrogen and oxygen atoms in total. The molecule has 1 rings (SSSR count). The van der Waals surface area contributed by atoms with Crippen LogP contribution >= 0.6 is 0 Å². The minimum Gasteiger partial charge on any atom is -0.366 e. The number of nitro groups is 1. The van der Waals surface area contributed by atoms with E-state index in [1.807, 2.05) is 0 Å². The molecule has 0 aliphatic heterocycles. The van der Waals surface area contributed by atoms with Gasteiger partial charge in [0.05, 0.1) is 11.5 Å². The van der Waals surface area contributed by atoms with E-state index in [-0.39, 0.29) is 17.8 Å². The molecule has 4 N–H and O–H groups in total. The number of non-ortho nitro benzene ring substituents is 1. The monoisotopic (exact) mass is 219 g/mol. The number of amides is 1. The first-order chi connectivity index (χ1) is 7.54. The topological polar surface area (TPSA) is 112 Å². The van der Waals surface area contributed by atoms with Gasteiger partial charge in [-0.1, -0.05) is 11.8 Å². The molecule has 0 heterocycles. The van der Waals surface area contributed by atoms with Gasteiger partial charge in [0, 0.05) is 23.3 Å². The summed E-state index contributed by atoms with van der Waals surface area (Å²) in [4.78, 5) is 20.9. The Morgan fingerprint density at radius 1 is 1.44 bits per heavy atom. The Hall–Kier alpha value is -2.39. The number of carbonyl (C=O) groups is 1. The van der Waals surface area contributed by atoms with E-state index in [0.29, 0.717) is 5.56 Å². The highest BCUT2D eigenvalue weighted by Crippen LogP contribution is 2.16. The molecule has 16 heavy (non-hydrogen) atoms. The number of carbonyl (C=O) groups excluding carboxylic acids is 1. The fourth-order valence-electron chi connectivity index (χ4n) is 1.08. The Balaban J connectivity index is 3.29. The molecule has 0 spiro atoms. The molecule has 0 bridgehead atoms. The number of rotatable bonds is 2. The number of nitrogens with two attached hydrogens (primary N) is 2. The summed E-state index contributed by atoms with van der Waals surface area (Å²) in [5.74, 6) is 4.41. The second-order valence-electron chi connectivity index (χ2n) is 2.90. The fraction of sp³-hybridized carbons (Fsp3) is 0.100. The van der Waals surface area contributed by atoms with Crippen LogP contribution in [0.4, 0.5) is 5.69 Å². The van der Waals surface area contributed by atoms with Crippen molar-refractivity contribution in [1.29, 1.82) is 0 Å². The Bertz CT molecular complexity index is 468. The van der Waals surface area contributed by atoms with Crippen molar-refractivity contribution in [3.63, 3.8) is 0 Å². The van der Waals surface area contributed by atoms with E-state index < -0.39 is 10.8 Å². The summed E-state index contributed by atoms with van der Waals surface area (Å²) >= 11 is 0. The summed E-state index contributed by atoms with van der Waals surface area (Å²) in [6.07, 6.45) is 0. The molecule has 0 saturated carbocycles. The molecule has 0 unspecified atom stereocenters. The molecule has 0 aliphatic rings. The Morgan fingerprint density at radius 3 is 2.62 bits per heavy atom. The highest BCUT2D eigenvalue weighted by Gasteiger charge is 2.11. The smallest absolute Gasteiger partial charge is 0.271 e. The van der Waals surface area contributed by atoms with Gasteiger partial charge < -0.3 is 11.5 Å². The predicted molar refractivity (Wildman–Crippen MR) is 57.5 cm³/mol. The average molecular weight is 219 g/mol. The maximum absolute atomic E-state index is 10.9. The molecular formula is C10H9N3O3. The predicted octanol–water partition coefficient (Wildman–Crippen LogP) is 0.00390. The van der Waals surface area contributed by atoms with Gasteiger partial charge in [-0.25, -0.2) is 0 Å². The van der Waals surface area contributed by atoms with Gasteiger partial charge in [0.25, 0.3) is 5.69 Å². The Labute approximate surface area is 91.4 Å². The van der Waals surface area contributed by atoms with Crippen LogP contribution in [0.3, 0.4) is 0 Å². The Morgan fingerprint density at radius 2 is 2.12 bits per heavy atom. The van der Waals surface area contributed by atoms with E-state index >= 15 is 0 Å². The number of nitro benzene ring substituents is 1. The van der Waals surface area contributed by atoms with Gasteiger partial charge in [0.1, 0.15) is 0 Å². The highest BCUT2D eigenvalue weighted by atomic mass is 16.6. The number of hydrogen-bond donors (Lipinski definition) is 2. The molecule has 0 atom stereocenters. The summed E-state index contributed by atoms with van der Waals surface area (Å²) in [7, 11) is 0. The molecule has 1 aromatic rings. The summed E-state index contributed by atoms with van der Waals surface area (Å²) < 4.78 is 0. The van der Waals surface area contributed by atoms with Crippen molar-refractivity contribution >= 4 is 11.6 Å². The zero-order valence-electron chi connectivity index (χ0n) is 8.27. The first kappa shape index (κ1) is 11.7. The molecule has 1 aromatic carbocycles. The van der Waals surface area contributed by atoms with Crippen LogP contribution in [0.15, 0.2) is 18.2 Å². The van der Waals surface area contributed by atoms with E-state index in [1.54, 1.807) is 0 Å². The summed E-state index contributed by atoms with van der Waals surface area (Å²) in [6, 6.07) is 3.75. The van der Waals surface area contributed by atoms with Crippen molar-refractivity contribution in [2.45, 2.75) is 0 Å². The van der Waals surface area contributed by atoms with E-state index in [9.17, 15) is 14.9 Å². The Kier molecular flexibility index (Phi) is 3.58. The van der Waals surface area contributed by atoms with Gasteiger partial charge in [0.2, 0.25) is 5.91 Å². The van der Waals surface area contributed by atoms with Crippen LogP contribution in [0.1, 0.15) is 15.9 Å². The van der Waals surface area contributed by atoms with Gasteiger partial charge in [0.15, 0.2) is 0 Å². The SMILES string of the molecule is NCC#Cc1cc(C(N)=O)cc([N+](=O)[O-])c1. The van der Waals surface area contributed by atoms with E-state index in [4.69, 9.17) is 11.5 Å². The fourth-order valence-corrected chi connectivity index (χ4v) is 1.08. The lowest BCUT2D eigenvalue weighted by Crippen LogP contribution is -2.11. The molecule has 82 valence electrons. The van der Waals surface area contributed by atoms with Crippen molar-refractivity contribution in [3.05, 3.63) is 39.4 Å². The summed E-state index contributed by atoms with van der Waals surface area (Å²) in [5.41, 5.74) is 10.4. The van der Waals surface area contributed by atoms with Gasteiger partial charge >= 0.3 is 0 Å². The average Bonchev–Trinajstić information content (AvgIpc) is 2.25. The highest BCUT2D eigenvalue weighted by molar-refractivity contribution is 5.93. The molecule has 6 heteroatoms. The maximum atomic E-state index is 10.9. The lowest BCUT2D eigenvalue weighted by Gasteiger charge is -1.97. The normalized spacial score (nSPS) is 9.06. The van der Waals surface area contributed by atoms with Crippen molar-refractivity contribution in [2.24, 2.45) is 11.5 Å². The second kappa shape index (κ2) is 4.91. The molecule has 0 radical (unpaired) electrons. The minimum absolute atomic E-state index is 0.0514. The van der Waals surface area contributed by atoms with Crippen molar-refractivity contribution in [2.75, 3.05) is 6.54 Å².